The van der Waals surface area contributed by atoms with Gasteiger partial charge in [-0.15, -0.1) is 22.7 Å². The highest BCUT2D eigenvalue weighted by Crippen LogP contribution is 2.26. The van der Waals surface area contributed by atoms with E-state index >= 15 is 0 Å². The topological polar surface area (TPSA) is 92.5 Å². The third-order valence-corrected chi connectivity index (χ3v) is 8.65. The quantitative estimate of drug-likeness (QED) is 0.621. The van der Waals surface area contributed by atoms with Gasteiger partial charge >= 0.3 is 0 Å². The average Bonchev–Trinajstić information content (AvgIpc) is 3.45. The lowest BCUT2D eigenvalue weighted by Crippen LogP contribution is -2.46. The van der Waals surface area contributed by atoms with E-state index in [0.717, 1.165) is 4.88 Å². The predicted octanol–water partition coefficient (Wildman–Crippen LogP) is 3.29. The number of amides is 1. The lowest BCUT2D eigenvalue weighted by Gasteiger charge is -2.32. The van der Waals surface area contributed by atoms with Crippen LogP contribution in [0, 0.1) is 6.92 Å². The molecule has 0 aromatic carbocycles. The average molecular weight is 452 g/mol. The maximum Gasteiger partial charge on any atom is 0.250 e. The molecule has 4 rings (SSSR count). The van der Waals surface area contributed by atoms with E-state index in [4.69, 9.17) is 4.42 Å². The van der Waals surface area contributed by atoms with Crippen LogP contribution in [0.5, 0.6) is 0 Å². The summed E-state index contributed by atoms with van der Waals surface area (Å²) in [5, 5.41) is 3.70. The second-order valence-corrected chi connectivity index (χ2v) is 10.7. The molecule has 1 saturated heterocycles. The van der Waals surface area contributed by atoms with Gasteiger partial charge in [0.05, 0.1) is 17.0 Å². The number of rotatable bonds is 6. The highest BCUT2D eigenvalue weighted by Gasteiger charge is 2.28. The molecular weight excluding hydrogens is 430 g/mol. The van der Waals surface area contributed by atoms with Crippen molar-refractivity contribution in [3.8, 4) is 10.8 Å². The van der Waals surface area contributed by atoms with Crippen LogP contribution in [0.4, 0.5) is 0 Å². The second kappa shape index (κ2) is 8.39. The van der Waals surface area contributed by atoms with E-state index in [0.29, 0.717) is 47.5 Å². The van der Waals surface area contributed by atoms with E-state index in [9.17, 15) is 13.2 Å². The minimum atomic E-state index is -3.48. The highest BCUT2D eigenvalue weighted by atomic mass is 32.2. The zero-order valence-electron chi connectivity index (χ0n) is 15.8. The summed E-state index contributed by atoms with van der Waals surface area (Å²) in [5.41, 5.74) is 0.652. The summed E-state index contributed by atoms with van der Waals surface area (Å²) in [6.45, 7) is 2.86. The van der Waals surface area contributed by atoms with Crippen molar-refractivity contribution in [2.45, 2.75) is 36.4 Å². The smallest absolute Gasteiger partial charge is 0.250 e. The zero-order valence-corrected chi connectivity index (χ0v) is 18.3. The fraction of sp³-hybridized carbons (Fsp3) is 0.368. The lowest BCUT2D eigenvalue weighted by molar-refractivity contribution is -0.131. The Labute approximate surface area is 177 Å². The third-order valence-electron chi connectivity index (χ3n) is 4.87. The number of aryl methyl sites for hydroxylation is 1. The minimum Gasteiger partial charge on any atom is -0.440 e. The predicted molar refractivity (Wildman–Crippen MR) is 112 cm³/mol. The molecule has 0 atom stereocenters. The Kier molecular flexibility index (Phi) is 5.86. The summed E-state index contributed by atoms with van der Waals surface area (Å²) in [5.74, 6) is 1.18. The highest BCUT2D eigenvalue weighted by molar-refractivity contribution is 7.91. The Bertz CT molecular complexity index is 1060. The van der Waals surface area contributed by atoms with Crippen LogP contribution in [0.2, 0.25) is 0 Å². The van der Waals surface area contributed by atoms with Crippen LogP contribution in [-0.2, 0) is 21.2 Å². The van der Waals surface area contributed by atoms with Gasteiger partial charge in [0.2, 0.25) is 21.8 Å². The number of aromatic nitrogens is 1. The number of hydrogen-bond donors (Lipinski definition) is 1. The number of carbonyl (C=O) groups excluding carboxylic acids is 1. The van der Waals surface area contributed by atoms with Crippen LogP contribution >= 0.6 is 22.7 Å². The maximum absolute atomic E-state index is 12.7. The molecule has 1 fully saturated rings. The van der Waals surface area contributed by atoms with E-state index in [1.165, 1.54) is 11.3 Å². The molecule has 0 unspecified atom stereocenters. The molecule has 10 heteroatoms. The first-order valence-corrected chi connectivity index (χ1v) is 12.5. The normalized spacial score (nSPS) is 15.7. The van der Waals surface area contributed by atoms with Gasteiger partial charge in [-0.1, -0.05) is 12.1 Å². The second-order valence-electron chi connectivity index (χ2n) is 6.88. The molecule has 1 N–H and O–H groups in total. The molecule has 3 aromatic rings. The number of carbonyl (C=O) groups is 1. The van der Waals surface area contributed by atoms with Gasteiger partial charge < -0.3 is 9.32 Å². The van der Waals surface area contributed by atoms with Crippen LogP contribution in [0.15, 0.2) is 43.7 Å². The molecule has 1 aliphatic rings. The molecule has 154 valence electrons. The van der Waals surface area contributed by atoms with E-state index in [1.54, 1.807) is 33.7 Å². The maximum atomic E-state index is 12.7. The Hall–Kier alpha value is -2.01. The molecule has 0 aliphatic carbocycles. The molecule has 29 heavy (non-hydrogen) atoms. The summed E-state index contributed by atoms with van der Waals surface area (Å²) in [6.07, 6.45) is 1.37. The van der Waals surface area contributed by atoms with Crippen LogP contribution in [0.25, 0.3) is 10.8 Å². The first-order chi connectivity index (χ1) is 13.9. The number of likely N-dealkylation sites (tertiary alicyclic amines) is 1. The van der Waals surface area contributed by atoms with E-state index < -0.39 is 10.0 Å². The number of piperidine rings is 1. The number of nitrogens with zero attached hydrogens (tertiary/aromatic N) is 2. The zero-order chi connectivity index (χ0) is 20.4. The summed E-state index contributed by atoms with van der Waals surface area (Å²) in [4.78, 5) is 19.9. The molecule has 7 nitrogen and oxygen atoms in total. The van der Waals surface area contributed by atoms with Crippen LogP contribution in [0.1, 0.15) is 24.3 Å². The molecular formula is C19H21N3O4S3. The van der Waals surface area contributed by atoms with Crippen molar-refractivity contribution < 1.29 is 17.6 Å². The van der Waals surface area contributed by atoms with Crippen molar-refractivity contribution in [1.29, 1.82) is 0 Å². The van der Waals surface area contributed by atoms with Crippen molar-refractivity contribution in [1.82, 2.24) is 14.6 Å². The monoisotopic (exact) mass is 451 g/mol. The summed E-state index contributed by atoms with van der Waals surface area (Å²) in [7, 11) is -3.48. The summed E-state index contributed by atoms with van der Waals surface area (Å²) in [6, 6.07) is 7.02. The van der Waals surface area contributed by atoms with Crippen molar-refractivity contribution in [2.75, 3.05) is 13.1 Å². The van der Waals surface area contributed by atoms with E-state index in [1.807, 2.05) is 24.4 Å². The first-order valence-electron chi connectivity index (χ1n) is 9.26. The van der Waals surface area contributed by atoms with Crippen molar-refractivity contribution in [3.63, 3.8) is 0 Å². The molecule has 0 radical (unpaired) electrons. The van der Waals surface area contributed by atoms with Gasteiger partial charge in [0.25, 0.3) is 0 Å². The Morgan fingerprint density at radius 3 is 2.62 bits per heavy atom. The molecule has 0 saturated carbocycles. The van der Waals surface area contributed by atoms with Crippen molar-refractivity contribution in [2.24, 2.45) is 0 Å². The Morgan fingerprint density at radius 2 is 1.97 bits per heavy atom. The van der Waals surface area contributed by atoms with Gasteiger partial charge in [-0.25, -0.2) is 18.1 Å². The van der Waals surface area contributed by atoms with Crippen LogP contribution in [0.3, 0.4) is 0 Å². The summed E-state index contributed by atoms with van der Waals surface area (Å²) < 4.78 is 33.5. The fourth-order valence-corrected chi connectivity index (χ4v) is 6.26. The molecule has 3 aromatic heterocycles. The van der Waals surface area contributed by atoms with Gasteiger partial charge in [0.1, 0.15) is 9.97 Å². The largest absolute Gasteiger partial charge is 0.440 e. The Morgan fingerprint density at radius 1 is 1.24 bits per heavy atom. The fourth-order valence-electron chi connectivity index (χ4n) is 3.29. The molecule has 0 spiro atoms. The van der Waals surface area contributed by atoms with Gasteiger partial charge in [0.15, 0.2) is 0 Å². The number of thiophene rings is 2. The molecule has 1 amide bonds. The third kappa shape index (κ3) is 4.61. The Balaban J connectivity index is 1.33. The van der Waals surface area contributed by atoms with Crippen molar-refractivity contribution >= 4 is 38.6 Å². The minimum absolute atomic E-state index is 0.0151. The molecule has 1 aliphatic heterocycles. The van der Waals surface area contributed by atoms with Gasteiger partial charge in [-0.2, -0.15) is 0 Å². The van der Waals surface area contributed by atoms with Gasteiger partial charge in [-0.05, 0) is 42.7 Å². The van der Waals surface area contributed by atoms with Gasteiger partial charge in [-0.3, -0.25) is 4.79 Å². The van der Waals surface area contributed by atoms with Gasteiger partial charge in [0, 0.05) is 19.1 Å². The lowest BCUT2D eigenvalue weighted by atomic mass is 10.1. The summed E-state index contributed by atoms with van der Waals surface area (Å²) >= 11 is 2.74. The molecule has 0 bridgehead atoms. The first kappa shape index (κ1) is 20.3. The molecule has 4 heterocycles. The number of oxazole rings is 1. The number of sulfonamides is 1. The van der Waals surface area contributed by atoms with Crippen LogP contribution < -0.4 is 4.72 Å². The SMILES string of the molecule is Cc1oc(-c2cccs2)nc1CC(=O)N1CCC(NS(=O)(=O)c2cccs2)CC1. The van der Waals surface area contributed by atoms with E-state index in [-0.39, 0.29) is 18.4 Å². The van der Waals surface area contributed by atoms with Crippen molar-refractivity contribution in [3.05, 3.63) is 46.5 Å². The number of hydrogen-bond acceptors (Lipinski definition) is 7. The van der Waals surface area contributed by atoms with E-state index in [2.05, 4.69) is 9.71 Å². The van der Waals surface area contributed by atoms with Crippen LogP contribution in [-0.4, -0.2) is 43.3 Å². The number of nitrogens with one attached hydrogen (secondary N) is 1. The standard InChI is InChI=1S/C19H21N3O4S3/c1-13-15(20-19(26-13)16-4-2-10-27-16)12-17(23)22-8-6-14(7-9-22)21-29(24,25)18-5-3-11-28-18/h2-5,10-11,14,21H,6-9,12H2,1H3.